The average Bonchev–Trinajstić information content (AvgIpc) is 2.70. The number of aromatic nitrogens is 1. The number of aryl methyl sites for hydroxylation is 1. The molecule has 0 radical (unpaired) electrons. The molecule has 0 saturated carbocycles. The van der Waals surface area contributed by atoms with E-state index in [9.17, 15) is 0 Å². The smallest absolute Gasteiger partial charge is 0.122 e. The highest BCUT2D eigenvalue weighted by molar-refractivity contribution is 9.10. The van der Waals surface area contributed by atoms with Crippen LogP contribution in [0.5, 0.6) is 0 Å². The number of benzene rings is 1. The monoisotopic (exact) mass is 311 g/mol. The van der Waals surface area contributed by atoms with Crippen molar-refractivity contribution in [1.82, 2.24) is 4.98 Å². The van der Waals surface area contributed by atoms with Crippen LogP contribution in [-0.4, -0.2) is 12.1 Å². The van der Waals surface area contributed by atoms with Crippen LogP contribution in [0, 0.1) is 6.92 Å². The molecule has 1 unspecified atom stereocenters. The summed E-state index contributed by atoms with van der Waals surface area (Å²) in [7, 11) is 1.71. The van der Waals surface area contributed by atoms with Crippen LogP contribution in [0.1, 0.15) is 22.9 Å². The van der Waals surface area contributed by atoms with Crippen LogP contribution in [-0.2, 0) is 4.74 Å². The molecule has 1 atom stereocenters. The number of nitrogens with zero attached hydrogens (tertiary/aromatic N) is 1. The summed E-state index contributed by atoms with van der Waals surface area (Å²) in [5, 5.41) is 1.03. The van der Waals surface area contributed by atoms with Gasteiger partial charge in [0.15, 0.2) is 0 Å². The van der Waals surface area contributed by atoms with Crippen molar-refractivity contribution in [2.75, 3.05) is 7.11 Å². The SMILES string of the molecule is COC(C)c1nc(-c2cccc(Br)c2)c(C)s1. The van der Waals surface area contributed by atoms with Crippen molar-refractivity contribution in [1.29, 1.82) is 0 Å². The highest BCUT2D eigenvalue weighted by Crippen LogP contribution is 2.32. The van der Waals surface area contributed by atoms with Crippen LogP contribution >= 0.6 is 27.3 Å². The van der Waals surface area contributed by atoms with Crippen molar-refractivity contribution in [2.24, 2.45) is 0 Å². The van der Waals surface area contributed by atoms with E-state index in [-0.39, 0.29) is 6.10 Å². The zero-order chi connectivity index (χ0) is 12.4. The molecule has 0 amide bonds. The Hall–Kier alpha value is -0.710. The maximum absolute atomic E-state index is 5.30. The normalized spacial score (nSPS) is 12.7. The van der Waals surface area contributed by atoms with Gasteiger partial charge in [-0.25, -0.2) is 4.98 Å². The topological polar surface area (TPSA) is 22.1 Å². The summed E-state index contributed by atoms with van der Waals surface area (Å²) in [6, 6.07) is 8.21. The van der Waals surface area contributed by atoms with Gasteiger partial charge < -0.3 is 4.74 Å². The predicted octanol–water partition coefficient (Wildman–Crippen LogP) is 4.59. The number of hydrogen-bond acceptors (Lipinski definition) is 3. The molecule has 2 nitrogen and oxygen atoms in total. The summed E-state index contributed by atoms with van der Waals surface area (Å²) < 4.78 is 6.38. The average molecular weight is 312 g/mol. The summed E-state index contributed by atoms with van der Waals surface area (Å²) in [5.74, 6) is 0. The number of hydrogen-bond donors (Lipinski definition) is 0. The van der Waals surface area contributed by atoms with Crippen molar-refractivity contribution in [3.63, 3.8) is 0 Å². The second kappa shape index (κ2) is 5.29. The third-order valence-corrected chi connectivity index (χ3v) is 4.24. The lowest BCUT2D eigenvalue weighted by atomic mass is 10.1. The van der Waals surface area contributed by atoms with Crippen LogP contribution in [0.4, 0.5) is 0 Å². The second-order valence-electron chi connectivity index (χ2n) is 3.85. The van der Waals surface area contributed by atoms with Crippen molar-refractivity contribution >= 4 is 27.3 Å². The molecular weight excluding hydrogens is 298 g/mol. The van der Waals surface area contributed by atoms with Crippen LogP contribution in [0.3, 0.4) is 0 Å². The standard InChI is InChI=1S/C13H14BrNOS/c1-8(16-3)13-15-12(9(2)17-13)10-5-4-6-11(14)7-10/h4-8H,1-3H3. The first kappa shape index (κ1) is 12.7. The fraction of sp³-hybridized carbons (Fsp3) is 0.308. The highest BCUT2D eigenvalue weighted by atomic mass is 79.9. The Morgan fingerprint density at radius 3 is 2.82 bits per heavy atom. The number of halogens is 1. The molecule has 17 heavy (non-hydrogen) atoms. The number of methoxy groups -OCH3 is 1. The van der Waals surface area contributed by atoms with E-state index in [0.717, 1.165) is 20.7 Å². The van der Waals surface area contributed by atoms with Gasteiger partial charge in [0.05, 0.1) is 5.69 Å². The van der Waals surface area contributed by atoms with Crippen molar-refractivity contribution < 1.29 is 4.74 Å². The summed E-state index contributed by atoms with van der Waals surface area (Å²) in [6.45, 7) is 4.11. The minimum atomic E-state index is 0.0552. The molecule has 0 spiro atoms. The molecule has 0 saturated heterocycles. The summed E-state index contributed by atoms with van der Waals surface area (Å²) in [4.78, 5) is 5.89. The van der Waals surface area contributed by atoms with Crippen LogP contribution in [0.15, 0.2) is 28.7 Å². The van der Waals surface area contributed by atoms with Gasteiger partial charge in [-0.3, -0.25) is 0 Å². The molecule has 0 bridgehead atoms. The first-order valence-electron chi connectivity index (χ1n) is 5.38. The van der Waals surface area contributed by atoms with Gasteiger partial charge in [0.1, 0.15) is 11.1 Å². The lowest BCUT2D eigenvalue weighted by Crippen LogP contribution is -1.94. The van der Waals surface area contributed by atoms with Crippen molar-refractivity contribution in [2.45, 2.75) is 20.0 Å². The van der Waals surface area contributed by atoms with E-state index < -0.39 is 0 Å². The molecule has 1 aromatic heterocycles. The van der Waals surface area contributed by atoms with Crippen molar-refractivity contribution in [3.8, 4) is 11.3 Å². The summed E-state index contributed by atoms with van der Waals surface area (Å²) >= 11 is 5.18. The van der Waals surface area contributed by atoms with E-state index in [4.69, 9.17) is 4.74 Å². The number of ether oxygens (including phenoxy) is 1. The molecule has 0 aliphatic carbocycles. The summed E-state index contributed by atoms with van der Waals surface area (Å²) in [6.07, 6.45) is 0.0552. The van der Waals surface area contributed by atoms with E-state index in [1.54, 1.807) is 18.4 Å². The first-order valence-corrected chi connectivity index (χ1v) is 6.99. The van der Waals surface area contributed by atoms with Crippen LogP contribution in [0.2, 0.25) is 0 Å². The zero-order valence-corrected chi connectivity index (χ0v) is 12.4. The minimum Gasteiger partial charge on any atom is -0.375 e. The molecular formula is C13H14BrNOS. The van der Waals surface area contributed by atoms with Gasteiger partial charge in [0.25, 0.3) is 0 Å². The molecule has 2 rings (SSSR count). The Balaban J connectivity index is 2.42. The Labute approximate surface area is 114 Å². The van der Waals surface area contributed by atoms with Gasteiger partial charge in [-0.05, 0) is 26.0 Å². The first-order chi connectivity index (χ1) is 8.11. The molecule has 2 aromatic rings. The molecule has 0 aliphatic rings. The molecule has 0 aliphatic heterocycles. The van der Waals surface area contributed by atoms with E-state index in [2.05, 4.69) is 40.0 Å². The fourth-order valence-corrected chi connectivity index (χ4v) is 2.97. The molecule has 1 aromatic carbocycles. The van der Waals surface area contributed by atoms with E-state index in [1.807, 2.05) is 19.1 Å². The zero-order valence-electron chi connectivity index (χ0n) is 10.0. The maximum Gasteiger partial charge on any atom is 0.122 e. The number of rotatable bonds is 3. The highest BCUT2D eigenvalue weighted by Gasteiger charge is 2.14. The number of thiazole rings is 1. The largest absolute Gasteiger partial charge is 0.375 e. The Bertz CT molecular complexity index is 524. The third-order valence-electron chi connectivity index (χ3n) is 2.61. The second-order valence-corrected chi connectivity index (χ2v) is 6.00. The fourth-order valence-electron chi connectivity index (χ4n) is 1.60. The van der Waals surface area contributed by atoms with Crippen LogP contribution in [0.25, 0.3) is 11.3 Å². The van der Waals surface area contributed by atoms with Gasteiger partial charge in [-0.1, -0.05) is 28.1 Å². The molecule has 4 heteroatoms. The van der Waals surface area contributed by atoms with Crippen LogP contribution < -0.4 is 0 Å². The van der Waals surface area contributed by atoms with Gasteiger partial charge >= 0.3 is 0 Å². The Morgan fingerprint density at radius 2 is 2.18 bits per heavy atom. The van der Waals surface area contributed by atoms with Gasteiger partial charge in [-0.2, -0.15) is 0 Å². The van der Waals surface area contributed by atoms with Crippen molar-refractivity contribution in [3.05, 3.63) is 38.6 Å². The third kappa shape index (κ3) is 2.76. The van der Waals surface area contributed by atoms with Gasteiger partial charge in [-0.15, -0.1) is 11.3 Å². The molecule has 1 heterocycles. The Kier molecular flexibility index (Phi) is 3.97. The van der Waals surface area contributed by atoms with Gasteiger partial charge in [0.2, 0.25) is 0 Å². The molecule has 90 valence electrons. The molecule has 0 fully saturated rings. The lowest BCUT2D eigenvalue weighted by Gasteiger charge is -2.03. The summed E-state index contributed by atoms with van der Waals surface area (Å²) in [5.41, 5.74) is 2.19. The predicted molar refractivity (Wildman–Crippen MR) is 75.4 cm³/mol. The van der Waals surface area contributed by atoms with E-state index in [1.165, 1.54) is 4.88 Å². The maximum atomic E-state index is 5.30. The quantitative estimate of drug-likeness (QED) is 0.827. The molecule has 0 N–H and O–H groups in total. The van der Waals surface area contributed by atoms with E-state index in [0.29, 0.717) is 0 Å². The minimum absolute atomic E-state index is 0.0552. The van der Waals surface area contributed by atoms with E-state index >= 15 is 0 Å². The van der Waals surface area contributed by atoms with Gasteiger partial charge in [0, 0.05) is 22.0 Å². The lowest BCUT2D eigenvalue weighted by molar-refractivity contribution is 0.119. The Morgan fingerprint density at radius 1 is 1.41 bits per heavy atom.